The summed E-state index contributed by atoms with van der Waals surface area (Å²) in [6.07, 6.45) is 1.47. The number of nitrogens with zero attached hydrogens (tertiary/aromatic N) is 2. The van der Waals surface area contributed by atoms with Crippen molar-refractivity contribution in [2.24, 2.45) is 5.73 Å². The highest BCUT2D eigenvalue weighted by Crippen LogP contribution is 2.39. The first kappa shape index (κ1) is 28.0. The van der Waals surface area contributed by atoms with Crippen LogP contribution in [-0.4, -0.2) is 28.4 Å². The van der Waals surface area contributed by atoms with Crippen LogP contribution < -0.4 is 10.5 Å². The van der Waals surface area contributed by atoms with E-state index in [1.165, 1.54) is 12.1 Å². The molecule has 1 atom stereocenters. The number of primary amides is 1. The van der Waals surface area contributed by atoms with E-state index in [9.17, 15) is 9.18 Å². The van der Waals surface area contributed by atoms with Crippen LogP contribution in [0.25, 0.3) is 11.0 Å². The zero-order chi connectivity index (χ0) is 26.0. The quantitative estimate of drug-likeness (QED) is 0.286. The largest absolute Gasteiger partial charge is 0.497 e. The van der Waals surface area contributed by atoms with Gasteiger partial charge in [-0.05, 0) is 86.7 Å². The molecular formula is C29H33ClFN3O3. The van der Waals surface area contributed by atoms with Crippen molar-refractivity contribution >= 4 is 29.5 Å². The third-order valence-electron chi connectivity index (χ3n) is 6.93. The number of halogens is 2. The maximum atomic E-state index is 13.6. The second kappa shape index (κ2) is 11.2. The normalized spacial score (nSPS) is 12.2. The SMILES string of the molecule is COc1cccc(Cn2c(C)c(C)c3nccc(C(Cc4ccc(F)cc4)C(C)(C)OC(N)=O)c32)c1.Cl. The van der Waals surface area contributed by atoms with Crippen LogP contribution in [0.1, 0.15) is 47.7 Å². The monoisotopic (exact) mass is 525 g/mol. The summed E-state index contributed by atoms with van der Waals surface area (Å²) in [5, 5.41) is 0. The Hall–Kier alpha value is -3.58. The molecular weight excluding hydrogens is 493 g/mol. The van der Waals surface area contributed by atoms with Gasteiger partial charge in [0.1, 0.15) is 17.2 Å². The number of carbonyl (C=O) groups is 1. The first-order valence-corrected chi connectivity index (χ1v) is 11.9. The second-order valence-corrected chi connectivity index (χ2v) is 9.65. The fourth-order valence-corrected chi connectivity index (χ4v) is 4.92. The number of ether oxygens (including phenoxy) is 2. The lowest BCUT2D eigenvalue weighted by Gasteiger charge is -2.34. The van der Waals surface area contributed by atoms with Crippen LogP contribution in [0, 0.1) is 19.7 Å². The fourth-order valence-electron chi connectivity index (χ4n) is 4.92. The predicted molar refractivity (Wildman–Crippen MR) is 146 cm³/mol. The van der Waals surface area contributed by atoms with Gasteiger partial charge in [0, 0.05) is 24.4 Å². The summed E-state index contributed by atoms with van der Waals surface area (Å²) in [6.45, 7) is 8.48. The molecule has 0 aliphatic rings. The molecule has 0 spiro atoms. The summed E-state index contributed by atoms with van der Waals surface area (Å²) in [7, 11) is 1.66. The number of aromatic nitrogens is 2. The topological polar surface area (TPSA) is 79.4 Å². The van der Waals surface area contributed by atoms with Gasteiger partial charge in [-0.2, -0.15) is 0 Å². The lowest BCUT2D eigenvalue weighted by Crippen LogP contribution is -2.38. The van der Waals surface area contributed by atoms with Crippen LogP contribution in [0.15, 0.2) is 60.8 Å². The van der Waals surface area contributed by atoms with Gasteiger partial charge in [0.25, 0.3) is 0 Å². The van der Waals surface area contributed by atoms with Gasteiger partial charge in [0.15, 0.2) is 0 Å². The van der Waals surface area contributed by atoms with Gasteiger partial charge in [-0.3, -0.25) is 4.98 Å². The third-order valence-corrected chi connectivity index (χ3v) is 6.93. The lowest BCUT2D eigenvalue weighted by atomic mass is 9.79. The van der Waals surface area contributed by atoms with E-state index in [1.54, 1.807) is 25.4 Å². The number of hydrogen-bond donors (Lipinski definition) is 1. The summed E-state index contributed by atoms with van der Waals surface area (Å²) >= 11 is 0. The molecule has 0 aliphatic heterocycles. The van der Waals surface area contributed by atoms with E-state index < -0.39 is 11.7 Å². The van der Waals surface area contributed by atoms with E-state index in [1.807, 2.05) is 38.1 Å². The molecule has 1 amide bonds. The number of amides is 1. The zero-order valence-electron chi connectivity index (χ0n) is 21.7. The van der Waals surface area contributed by atoms with Crippen molar-refractivity contribution in [3.63, 3.8) is 0 Å². The van der Waals surface area contributed by atoms with Crippen LogP contribution in [0.3, 0.4) is 0 Å². The Bertz CT molecular complexity index is 1400. The van der Waals surface area contributed by atoms with E-state index in [-0.39, 0.29) is 24.1 Å². The molecule has 37 heavy (non-hydrogen) atoms. The molecule has 1 unspecified atom stereocenters. The van der Waals surface area contributed by atoms with E-state index >= 15 is 0 Å². The number of fused-ring (bicyclic) bond motifs is 1. The van der Waals surface area contributed by atoms with Gasteiger partial charge in [-0.1, -0.05) is 24.3 Å². The van der Waals surface area contributed by atoms with Crippen molar-refractivity contribution in [1.29, 1.82) is 0 Å². The van der Waals surface area contributed by atoms with Crippen molar-refractivity contribution in [3.8, 4) is 5.75 Å². The Morgan fingerprint density at radius 3 is 2.46 bits per heavy atom. The van der Waals surface area contributed by atoms with Crippen LogP contribution in [-0.2, 0) is 17.7 Å². The number of methoxy groups -OCH3 is 1. The van der Waals surface area contributed by atoms with Crippen molar-refractivity contribution < 1.29 is 18.7 Å². The smallest absolute Gasteiger partial charge is 0.405 e. The minimum absolute atomic E-state index is 0. The molecule has 8 heteroatoms. The summed E-state index contributed by atoms with van der Waals surface area (Å²) in [5.41, 5.74) is 11.6. The molecule has 0 aliphatic carbocycles. The van der Waals surface area contributed by atoms with Crippen LogP contribution in [0.5, 0.6) is 5.75 Å². The molecule has 6 nitrogen and oxygen atoms in total. The Morgan fingerprint density at radius 2 is 1.81 bits per heavy atom. The molecule has 0 saturated heterocycles. The molecule has 4 rings (SSSR count). The van der Waals surface area contributed by atoms with Crippen molar-refractivity contribution in [3.05, 3.63) is 94.6 Å². The zero-order valence-corrected chi connectivity index (χ0v) is 22.6. The molecule has 2 N–H and O–H groups in total. The van der Waals surface area contributed by atoms with Gasteiger partial charge in [-0.25, -0.2) is 9.18 Å². The number of benzene rings is 2. The van der Waals surface area contributed by atoms with E-state index in [2.05, 4.69) is 24.5 Å². The Kier molecular flexibility index (Phi) is 8.49. The maximum Gasteiger partial charge on any atom is 0.405 e. The minimum Gasteiger partial charge on any atom is -0.497 e. The lowest BCUT2D eigenvalue weighted by molar-refractivity contribution is 0.0239. The Balaban J connectivity index is 0.00000380. The van der Waals surface area contributed by atoms with E-state index in [4.69, 9.17) is 20.2 Å². The second-order valence-electron chi connectivity index (χ2n) is 9.65. The minimum atomic E-state index is -0.943. The van der Waals surface area contributed by atoms with Gasteiger partial charge >= 0.3 is 6.09 Å². The molecule has 0 bridgehead atoms. The molecule has 0 saturated carbocycles. The Labute approximate surface area is 223 Å². The number of pyridine rings is 1. The number of rotatable bonds is 8. The third kappa shape index (κ3) is 5.88. The molecule has 0 fully saturated rings. The Morgan fingerprint density at radius 1 is 1.11 bits per heavy atom. The van der Waals surface area contributed by atoms with E-state index in [0.29, 0.717) is 13.0 Å². The number of aryl methyl sites for hydroxylation is 1. The van der Waals surface area contributed by atoms with Crippen LogP contribution in [0.2, 0.25) is 0 Å². The molecule has 2 heterocycles. The number of nitrogens with two attached hydrogens (primary N) is 1. The summed E-state index contributed by atoms with van der Waals surface area (Å²) in [6, 6.07) is 16.4. The maximum absolute atomic E-state index is 13.6. The summed E-state index contributed by atoms with van der Waals surface area (Å²) in [5.74, 6) is 0.216. The van der Waals surface area contributed by atoms with Crippen molar-refractivity contribution in [2.75, 3.05) is 7.11 Å². The van der Waals surface area contributed by atoms with Crippen molar-refractivity contribution in [1.82, 2.24) is 9.55 Å². The van der Waals surface area contributed by atoms with Crippen LogP contribution >= 0.6 is 12.4 Å². The number of hydrogen-bond acceptors (Lipinski definition) is 4. The molecule has 2 aromatic heterocycles. The first-order valence-electron chi connectivity index (χ1n) is 11.9. The van der Waals surface area contributed by atoms with Gasteiger partial charge in [-0.15, -0.1) is 12.4 Å². The summed E-state index contributed by atoms with van der Waals surface area (Å²) < 4.78 is 26.9. The highest BCUT2D eigenvalue weighted by Gasteiger charge is 2.36. The molecule has 0 radical (unpaired) electrons. The highest BCUT2D eigenvalue weighted by molar-refractivity contribution is 5.85. The molecule has 4 aromatic rings. The van der Waals surface area contributed by atoms with Gasteiger partial charge < -0.3 is 19.8 Å². The van der Waals surface area contributed by atoms with E-state index in [0.717, 1.165) is 44.7 Å². The van der Waals surface area contributed by atoms with Gasteiger partial charge in [0.05, 0.1) is 18.1 Å². The standard InChI is InChI=1S/C29H32FN3O3.ClH/c1-18-19(2)33(17-21-7-6-8-23(15-21)35-5)27-24(13-14-32-26(18)27)25(29(3,4)36-28(31)34)16-20-9-11-22(30)12-10-20;/h6-15,25H,16-17H2,1-5H3,(H2,31,34);1H. The van der Waals surface area contributed by atoms with Crippen LogP contribution in [0.4, 0.5) is 9.18 Å². The van der Waals surface area contributed by atoms with Gasteiger partial charge in [0.2, 0.25) is 0 Å². The molecule has 196 valence electrons. The average molecular weight is 526 g/mol. The number of carbonyl (C=O) groups excluding carboxylic acids is 1. The fraction of sp³-hybridized carbons (Fsp3) is 0.310. The highest BCUT2D eigenvalue weighted by atomic mass is 35.5. The predicted octanol–water partition coefficient (Wildman–Crippen LogP) is 6.47. The average Bonchev–Trinajstić information content (AvgIpc) is 3.08. The first-order chi connectivity index (χ1) is 17.1. The van der Waals surface area contributed by atoms with Crippen molar-refractivity contribution in [2.45, 2.75) is 52.2 Å². The molecule has 2 aromatic carbocycles. The summed E-state index contributed by atoms with van der Waals surface area (Å²) in [4.78, 5) is 16.6.